The topological polar surface area (TPSA) is 69.4 Å². The Hall–Kier alpha value is -1.17. The maximum Gasteiger partial charge on any atom is 0.137 e. The SMILES string of the molecule is CCCOCCC(NN)c1cncc(OCCC)c1. The highest BCUT2D eigenvalue weighted by Crippen LogP contribution is 2.20. The Morgan fingerprint density at radius 1 is 1.21 bits per heavy atom. The minimum absolute atomic E-state index is 0.0366. The highest BCUT2D eigenvalue weighted by Gasteiger charge is 2.11. The second-order valence-corrected chi connectivity index (χ2v) is 4.42. The maximum absolute atomic E-state index is 5.60. The molecule has 3 N–H and O–H groups in total. The van der Waals surface area contributed by atoms with Gasteiger partial charge >= 0.3 is 0 Å². The van der Waals surface area contributed by atoms with E-state index in [0.29, 0.717) is 13.2 Å². The van der Waals surface area contributed by atoms with Crippen molar-refractivity contribution in [2.45, 2.75) is 39.2 Å². The van der Waals surface area contributed by atoms with Crippen LogP contribution in [0.15, 0.2) is 18.5 Å². The fraction of sp³-hybridized carbons (Fsp3) is 0.643. The van der Waals surface area contributed by atoms with E-state index in [2.05, 4.69) is 24.3 Å². The smallest absolute Gasteiger partial charge is 0.137 e. The van der Waals surface area contributed by atoms with E-state index in [-0.39, 0.29) is 6.04 Å². The third-order valence-corrected chi connectivity index (χ3v) is 2.71. The van der Waals surface area contributed by atoms with Crippen LogP contribution in [0.2, 0.25) is 0 Å². The number of nitrogens with two attached hydrogens (primary N) is 1. The van der Waals surface area contributed by atoms with Crippen molar-refractivity contribution in [2.75, 3.05) is 19.8 Å². The highest BCUT2D eigenvalue weighted by atomic mass is 16.5. The van der Waals surface area contributed by atoms with Crippen molar-refractivity contribution < 1.29 is 9.47 Å². The van der Waals surface area contributed by atoms with Crippen molar-refractivity contribution >= 4 is 0 Å². The summed E-state index contributed by atoms with van der Waals surface area (Å²) >= 11 is 0. The summed E-state index contributed by atoms with van der Waals surface area (Å²) in [5.41, 5.74) is 3.83. The lowest BCUT2D eigenvalue weighted by molar-refractivity contribution is 0.124. The number of hydrazine groups is 1. The predicted octanol–water partition coefficient (Wildman–Crippen LogP) is 2.19. The van der Waals surface area contributed by atoms with Crippen LogP contribution in [-0.2, 0) is 4.74 Å². The molecule has 5 nitrogen and oxygen atoms in total. The summed E-state index contributed by atoms with van der Waals surface area (Å²) in [6.07, 6.45) is 6.36. The molecule has 1 unspecified atom stereocenters. The zero-order valence-electron chi connectivity index (χ0n) is 11.9. The van der Waals surface area contributed by atoms with Crippen molar-refractivity contribution in [2.24, 2.45) is 5.84 Å². The molecule has 5 heteroatoms. The first-order chi connectivity index (χ1) is 9.31. The molecular formula is C14H25N3O2. The molecular weight excluding hydrogens is 242 g/mol. The lowest BCUT2D eigenvalue weighted by Crippen LogP contribution is -2.29. The molecule has 0 aromatic carbocycles. The number of hydrogen-bond donors (Lipinski definition) is 2. The van der Waals surface area contributed by atoms with E-state index in [1.165, 1.54) is 0 Å². The van der Waals surface area contributed by atoms with Gasteiger partial charge in [-0.15, -0.1) is 0 Å². The van der Waals surface area contributed by atoms with Crippen molar-refractivity contribution in [1.82, 2.24) is 10.4 Å². The molecule has 0 fully saturated rings. The molecule has 0 aliphatic rings. The maximum atomic E-state index is 5.60. The van der Waals surface area contributed by atoms with Gasteiger partial charge in [0, 0.05) is 25.5 Å². The van der Waals surface area contributed by atoms with Gasteiger partial charge in [0.05, 0.1) is 12.8 Å². The zero-order chi connectivity index (χ0) is 13.9. The fourth-order valence-electron chi connectivity index (χ4n) is 1.72. The summed E-state index contributed by atoms with van der Waals surface area (Å²) in [6, 6.07) is 2.02. The molecule has 1 atom stereocenters. The third kappa shape index (κ3) is 6.00. The van der Waals surface area contributed by atoms with Crippen molar-refractivity contribution in [3.05, 3.63) is 24.0 Å². The Morgan fingerprint density at radius 2 is 2.00 bits per heavy atom. The lowest BCUT2D eigenvalue weighted by Gasteiger charge is -2.16. The van der Waals surface area contributed by atoms with Gasteiger partial charge in [0.2, 0.25) is 0 Å². The van der Waals surface area contributed by atoms with E-state index >= 15 is 0 Å². The Balaban J connectivity index is 2.54. The molecule has 0 saturated heterocycles. The average Bonchev–Trinajstić information content (AvgIpc) is 2.45. The number of ether oxygens (including phenoxy) is 2. The Bertz CT molecular complexity index is 347. The Morgan fingerprint density at radius 3 is 2.68 bits per heavy atom. The minimum atomic E-state index is 0.0366. The van der Waals surface area contributed by atoms with E-state index in [4.69, 9.17) is 15.3 Å². The van der Waals surface area contributed by atoms with Crippen LogP contribution >= 0.6 is 0 Å². The normalized spacial score (nSPS) is 12.4. The van der Waals surface area contributed by atoms with Gasteiger partial charge in [-0.3, -0.25) is 16.3 Å². The number of nitrogens with zero attached hydrogens (tertiary/aromatic N) is 1. The number of pyridine rings is 1. The van der Waals surface area contributed by atoms with E-state index in [1.54, 1.807) is 6.20 Å². The van der Waals surface area contributed by atoms with Gasteiger partial charge in [-0.2, -0.15) is 0 Å². The van der Waals surface area contributed by atoms with Crippen LogP contribution in [0, 0.1) is 0 Å². The first kappa shape index (κ1) is 15.9. The first-order valence-corrected chi connectivity index (χ1v) is 6.93. The molecule has 108 valence electrons. The largest absolute Gasteiger partial charge is 0.492 e. The lowest BCUT2D eigenvalue weighted by atomic mass is 10.1. The second kappa shape index (κ2) is 9.72. The van der Waals surface area contributed by atoms with Gasteiger partial charge in [-0.25, -0.2) is 0 Å². The summed E-state index contributed by atoms with van der Waals surface area (Å²) in [6.45, 7) is 6.34. The van der Waals surface area contributed by atoms with E-state index in [0.717, 1.165) is 37.2 Å². The molecule has 0 aliphatic heterocycles. The quantitative estimate of drug-likeness (QED) is 0.386. The number of rotatable bonds is 10. The van der Waals surface area contributed by atoms with Crippen molar-refractivity contribution in [1.29, 1.82) is 0 Å². The van der Waals surface area contributed by atoms with Gasteiger partial charge in [0.15, 0.2) is 0 Å². The average molecular weight is 267 g/mol. The summed E-state index contributed by atoms with van der Waals surface area (Å²) in [4.78, 5) is 4.19. The molecule has 0 radical (unpaired) electrons. The van der Waals surface area contributed by atoms with Gasteiger partial charge in [0.25, 0.3) is 0 Å². The molecule has 1 aromatic heterocycles. The van der Waals surface area contributed by atoms with E-state index < -0.39 is 0 Å². The summed E-state index contributed by atoms with van der Waals surface area (Å²) in [7, 11) is 0. The first-order valence-electron chi connectivity index (χ1n) is 6.93. The molecule has 1 rings (SSSR count). The van der Waals surface area contributed by atoms with Crippen LogP contribution < -0.4 is 16.0 Å². The van der Waals surface area contributed by atoms with Gasteiger partial charge in [-0.05, 0) is 30.9 Å². The summed E-state index contributed by atoms with van der Waals surface area (Å²) < 4.78 is 11.1. The monoisotopic (exact) mass is 267 g/mol. The molecule has 1 aromatic rings. The zero-order valence-corrected chi connectivity index (χ0v) is 11.9. The van der Waals surface area contributed by atoms with Crippen LogP contribution in [0.1, 0.15) is 44.7 Å². The standard InChI is InChI=1S/C14H25N3O2/c1-3-6-18-8-5-14(17-15)12-9-13(11-16-10-12)19-7-4-2/h9-11,14,17H,3-8,15H2,1-2H3. The molecule has 0 spiro atoms. The van der Waals surface area contributed by atoms with Crippen LogP contribution in [0.3, 0.4) is 0 Å². The van der Waals surface area contributed by atoms with Crippen molar-refractivity contribution in [3.63, 3.8) is 0 Å². The molecule has 0 amide bonds. The minimum Gasteiger partial charge on any atom is -0.492 e. The molecule has 1 heterocycles. The Labute approximate surface area is 115 Å². The van der Waals surface area contributed by atoms with Crippen molar-refractivity contribution in [3.8, 4) is 5.75 Å². The van der Waals surface area contributed by atoms with Gasteiger partial charge in [-0.1, -0.05) is 13.8 Å². The fourth-order valence-corrected chi connectivity index (χ4v) is 1.72. The molecule has 0 saturated carbocycles. The highest BCUT2D eigenvalue weighted by molar-refractivity contribution is 5.25. The van der Waals surface area contributed by atoms with E-state index in [9.17, 15) is 0 Å². The van der Waals surface area contributed by atoms with Gasteiger partial charge < -0.3 is 9.47 Å². The second-order valence-electron chi connectivity index (χ2n) is 4.42. The molecule has 0 aliphatic carbocycles. The number of nitrogens with one attached hydrogen (secondary N) is 1. The molecule has 0 bridgehead atoms. The third-order valence-electron chi connectivity index (χ3n) is 2.71. The number of aromatic nitrogens is 1. The summed E-state index contributed by atoms with van der Waals surface area (Å²) in [5, 5.41) is 0. The van der Waals surface area contributed by atoms with Crippen LogP contribution in [-0.4, -0.2) is 24.8 Å². The van der Waals surface area contributed by atoms with Gasteiger partial charge in [0.1, 0.15) is 5.75 Å². The van der Waals surface area contributed by atoms with Crippen LogP contribution in [0.25, 0.3) is 0 Å². The van der Waals surface area contributed by atoms with E-state index in [1.807, 2.05) is 12.3 Å². The Kier molecular flexibility index (Phi) is 8.13. The van der Waals surface area contributed by atoms with Crippen LogP contribution in [0.4, 0.5) is 0 Å². The molecule has 19 heavy (non-hydrogen) atoms. The van der Waals surface area contributed by atoms with Crippen LogP contribution in [0.5, 0.6) is 5.75 Å². The number of hydrogen-bond acceptors (Lipinski definition) is 5. The summed E-state index contributed by atoms with van der Waals surface area (Å²) in [5.74, 6) is 6.38. The predicted molar refractivity (Wildman–Crippen MR) is 75.8 cm³/mol.